The maximum atomic E-state index is 12.1. The van der Waals surface area contributed by atoms with Gasteiger partial charge in [-0.05, 0) is 34.7 Å². The number of nitrogens with zero attached hydrogens (tertiary/aromatic N) is 2. The molecular formula is C18H14N6O. The lowest BCUT2D eigenvalue weighted by Crippen LogP contribution is -2.10. The molecule has 122 valence electrons. The van der Waals surface area contributed by atoms with Crippen molar-refractivity contribution >= 4 is 22.8 Å². The van der Waals surface area contributed by atoms with E-state index in [0.717, 1.165) is 23.1 Å². The van der Waals surface area contributed by atoms with E-state index in [0.29, 0.717) is 11.5 Å². The lowest BCUT2D eigenvalue weighted by atomic mass is 9.99. The predicted octanol–water partition coefficient (Wildman–Crippen LogP) is 2.05. The van der Waals surface area contributed by atoms with Crippen molar-refractivity contribution in [1.29, 1.82) is 0 Å². The fourth-order valence-corrected chi connectivity index (χ4v) is 3.55. The van der Waals surface area contributed by atoms with Crippen LogP contribution in [0, 0.1) is 0 Å². The van der Waals surface area contributed by atoms with E-state index in [1.807, 2.05) is 24.3 Å². The summed E-state index contributed by atoms with van der Waals surface area (Å²) in [5.41, 5.74) is 18.2. The fourth-order valence-electron chi connectivity index (χ4n) is 3.55. The average molecular weight is 330 g/mol. The van der Waals surface area contributed by atoms with Gasteiger partial charge in [-0.3, -0.25) is 9.78 Å². The molecule has 0 radical (unpaired) electrons. The van der Waals surface area contributed by atoms with Gasteiger partial charge < -0.3 is 16.5 Å². The number of nitrogens with one attached hydrogen (secondary N) is 2. The zero-order valence-corrected chi connectivity index (χ0v) is 13.1. The number of benzene rings is 2. The Morgan fingerprint density at radius 3 is 2.68 bits per heavy atom. The van der Waals surface area contributed by atoms with E-state index in [1.165, 1.54) is 11.1 Å². The van der Waals surface area contributed by atoms with Crippen LogP contribution in [0.2, 0.25) is 0 Å². The first kappa shape index (κ1) is 13.8. The first-order valence-corrected chi connectivity index (χ1v) is 7.87. The highest BCUT2D eigenvalue weighted by Gasteiger charge is 2.24. The van der Waals surface area contributed by atoms with Crippen molar-refractivity contribution in [2.75, 3.05) is 11.5 Å². The van der Waals surface area contributed by atoms with Crippen LogP contribution in [0.1, 0.15) is 11.1 Å². The van der Waals surface area contributed by atoms with Crippen molar-refractivity contribution in [2.45, 2.75) is 6.42 Å². The Balaban J connectivity index is 1.79. The molecule has 0 unspecified atom stereocenters. The summed E-state index contributed by atoms with van der Waals surface area (Å²) in [5, 5.41) is 0. The Morgan fingerprint density at radius 2 is 1.80 bits per heavy atom. The van der Waals surface area contributed by atoms with Crippen LogP contribution in [-0.4, -0.2) is 19.9 Å². The van der Waals surface area contributed by atoms with Crippen molar-refractivity contribution in [2.24, 2.45) is 0 Å². The third-order valence-electron chi connectivity index (χ3n) is 4.64. The van der Waals surface area contributed by atoms with E-state index >= 15 is 0 Å². The second-order valence-electron chi connectivity index (χ2n) is 6.13. The molecule has 0 bridgehead atoms. The molecule has 2 heterocycles. The highest BCUT2D eigenvalue weighted by Crippen LogP contribution is 2.43. The summed E-state index contributed by atoms with van der Waals surface area (Å²) in [6.07, 6.45) is 0.773. The van der Waals surface area contributed by atoms with E-state index < -0.39 is 0 Å². The Labute approximate surface area is 141 Å². The van der Waals surface area contributed by atoms with Gasteiger partial charge in [0, 0.05) is 11.3 Å². The van der Waals surface area contributed by atoms with Crippen LogP contribution in [0.15, 0.2) is 41.2 Å². The summed E-state index contributed by atoms with van der Waals surface area (Å²) < 4.78 is 0. The van der Waals surface area contributed by atoms with Crippen molar-refractivity contribution in [3.05, 3.63) is 57.9 Å². The minimum absolute atomic E-state index is 0.0363. The van der Waals surface area contributed by atoms with Gasteiger partial charge in [0.15, 0.2) is 11.2 Å². The molecule has 0 fully saturated rings. The molecular weight excluding hydrogens is 316 g/mol. The topological polar surface area (TPSA) is 126 Å². The summed E-state index contributed by atoms with van der Waals surface area (Å²) in [4.78, 5) is 26.1. The normalized spacial score (nSPS) is 12.3. The average Bonchev–Trinajstić information content (AvgIpc) is 3.15. The number of anilines is 2. The van der Waals surface area contributed by atoms with Gasteiger partial charge in [-0.2, -0.15) is 4.98 Å². The van der Waals surface area contributed by atoms with E-state index in [9.17, 15) is 4.79 Å². The van der Waals surface area contributed by atoms with Gasteiger partial charge in [-0.1, -0.05) is 30.3 Å². The molecule has 0 amide bonds. The molecule has 1 aliphatic rings. The van der Waals surface area contributed by atoms with Crippen LogP contribution in [0.5, 0.6) is 0 Å². The highest BCUT2D eigenvalue weighted by atomic mass is 16.1. The Hall–Kier alpha value is -3.61. The Bertz CT molecular complexity index is 1220. The number of fused-ring (bicyclic) bond motifs is 4. The number of rotatable bonds is 1. The monoisotopic (exact) mass is 330 g/mol. The van der Waals surface area contributed by atoms with Crippen LogP contribution in [-0.2, 0) is 6.42 Å². The zero-order valence-electron chi connectivity index (χ0n) is 13.1. The number of nitrogen functional groups attached to an aromatic ring is 2. The molecule has 4 aromatic rings. The summed E-state index contributed by atoms with van der Waals surface area (Å²) in [6.45, 7) is 0. The van der Waals surface area contributed by atoms with Crippen molar-refractivity contribution < 1.29 is 0 Å². The molecule has 7 nitrogen and oxygen atoms in total. The van der Waals surface area contributed by atoms with Crippen LogP contribution >= 0.6 is 0 Å². The molecule has 0 atom stereocenters. The standard InChI is InChI=1S/C18H14N6O/c19-12-6-5-10-9-4-2-1-3-8(9)7-11(10)13(12)15-21-14-16(22-15)23-18(20)24-17(14)25/h1-6H,7,19H2,(H4,20,21,22,23,24,25). The maximum Gasteiger partial charge on any atom is 0.278 e. The van der Waals surface area contributed by atoms with Crippen LogP contribution in [0.4, 0.5) is 11.6 Å². The molecule has 1 aliphatic carbocycles. The minimum atomic E-state index is -0.351. The third kappa shape index (κ3) is 1.89. The number of hydrogen-bond acceptors (Lipinski definition) is 5. The molecule has 0 saturated carbocycles. The van der Waals surface area contributed by atoms with Gasteiger partial charge in [0.05, 0.1) is 0 Å². The van der Waals surface area contributed by atoms with Gasteiger partial charge in [-0.15, -0.1) is 0 Å². The minimum Gasteiger partial charge on any atom is -0.398 e. The van der Waals surface area contributed by atoms with E-state index in [2.05, 4.69) is 32.1 Å². The van der Waals surface area contributed by atoms with E-state index in [-0.39, 0.29) is 22.7 Å². The molecule has 6 N–H and O–H groups in total. The number of aromatic amines is 2. The fraction of sp³-hybridized carbons (Fsp3) is 0.0556. The van der Waals surface area contributed by atoms with Gasteiger partial charge in [0.25, 0.3) is 5.56 Å². The SMILES string of the molecule is Nc1nc2nc(-c3c(N)ccc4c3Cc3ccccc3-4)[nH]c2c(=O)[nH]1. The zero-order chi connectivity index (χ0) is 17.1. The van der Waals surface area contributed by atoms with Crippen molar-refractivity contribution in [3.63, 3.8) is 0 Å². The van der Waals surface area contributed by atoms with E-state index in [4.69, 9.17) is 11.5 Å². The van der Waals surface area contributed by atoms with Gasteiger partial charge in [-0.25, -0.2) is 4.98 Å². The largest absolute Gasteiger partial charge is 0.398 e. The van der Waals surface area contributed by atoms with Crippen LogP contribution < -0.4 is 17.0 Å². The quantitative estimate of drug-likeness (QED) is 0.350. The van der Waals surface area contributed by atoms with Gasteiger partial charge in [0.1, 0.15) is 5.82 Å². The Morgan fingerprint density at radius 1 is 0.960 bits per heavy atom. The molecule has 0 spiro atoms. The lowest BCUT2D eigenvalue weighted by Gasteiger charge is -2.09. The number of imidazole rings is 1. The maximum absolute atomic E-state index is 12.1. The second kappa shape index (κ2) is 4.70. The summed E-state index contributed by atoms with van der Waals surface area (Å²) in [7, 11) is 0. The van der Waals surface area contributed by atoms with Gasteiger partial charge in [0.2, 0.25) is 5.95 Å². The van der Waals surface area contributed by atoms with Crippen LogP contribution in [0.3, 0.4) is 0 Å². The molecule has 7 heteroatoms. The molecule has 0 aliphatic heterocycles. The molecule has 2 aromatic heterocycles. The van der Waals surface area contributed by atoms with Crippen molar-refractivity contribution in [1.82, 2.24) is 19.9 Å². The lowest BCUT2D eigenvalue weighted by molar-refractivity contribution is 1.17. The highest BCUT2D eigenvalue weighted by molar-refractivity contribution is 5.90. The summed E-state index contributed by atoms with van der Waals surface area (Å²) in [6, 6.07) is 12.2. The van der Waals surface area contributed by atoms with E-state index in [1.54, 1.807) is 0 Å². The molecule has 5 rings (SSSR count). The van der Waals surface area contributed by atoms with Crippen LogP contribution in [0.25, 0.3) is 33.7 Å². The van der Waals surface area contributed by atoms with Gasteiger partial charge >= 0.3 is 0 Å². The first-order valence-electron chi connectivity index (χ1n) is 7.87. The molecule has 2 aromatic carbocycles. The number of H-pyrrole nitrogens is 2. The molecule has 25 heavy (non-hydrogen) atoms. The molecule has 0 saturated heterocycles. The second-order valence-corrected chi connectivity index (χ2v) is 6.13. The van der Waals surface area contributed by atoms with Crippen molar-refractivity contribution in [3.8, 4) is 22.5 Å². The number of nitrogens with two attached hydrogens (primary N) is 2. The smallest absolute Gasteiger partial charge is 0.278 e. The summed E-state index contributed by atoms with van der Waals surface area (Å²) in [5.74, 6) is 0.565. The summed E-state index contributed by atoms with van der Waals surface area (Å²) >= 11 is 0. The third-order valence-corrected chi connectivity index (χ3v) is 4.64. The number of aromatic nitrogens is 4. The Kier molecular flexibility index (Phi) is 2.59. The number of hydrogen-bond donors (Lipinski definition) is 4. The predicted molar refractivity (Wildman–Crippen MR) is 97.0 cm³/mol. The first-order chi connectivity index (χ1) is 12.1.